The van der Waals surface area contributed by atoms with Gasteiger partial charge in [-0.05, 0) is 29.7 Å². The Bertz CT molecular complexity index is 481. The number of para-hydroxylation sites is 1. The zero-order valence-electron chi connectivity index (χ0n) is 9.67. The summed E-state index contributed by atoms with van der Waals surface area (Å²) in [5.41, 5.74) is 4.31. The third-order valence-corrected chi connectivity index (χ3v) is 3.25. The van der Waals surface area contributed by atoms with Gasteiger partial charge in [-0.25, -0.2) is 0 Å². The standard InChI is InChI=1S/C15H15N.ClH/c1-2-8-15(9-3-1)16-11-10-13-6-4-5-7-14(13)12-16;/h1-9H,10-12H2;1H. The molecular weight excluding hydrogens is 230 g/mol. The van der Waals surface area contributed by atoms with E-state index in [4.69, 9.17) is 0 Å². The van der Waals surface area contributed by atoms with Crippen LogP contribution in [0.3, 0.4) is 0 Å². The summed E-state index contributed by atoms with van der Waals surface area (Å²) >= 11 is 0. The van der Waals surface area contributed by atoms with E-state index in [9.17, 15) is 0 Å². The van der Waals surface area contributed by atoms with E-state index in [1.807, 2.05) is 0 Å². The molecule has 0 saturated heterocycles. The van der Waals surface area contributed by atoms with Crippen LogP contribution in [0.5, 0.6) is 0 Å². The van der Waals surface area contributed by atoms with Crippen molar-refractivity contribution in [1.82, 2.24) is 0 Å². The Labute approximate surface area is 108 Å². The minimum Gasteiger partial charge on any atom is -0.367 e. The molecule has 2 aromatic rings. The summed E-state index contributed by atoms with van der Waals surface area (Å²) in [5, 5.41) is 0. The number of anilines is 1. The van der Waals surface area contributed by atoms with E-state index in [1.54, 1.807) is 0 Å². The van der Waals surface area contributed by atoms with Gasteiger partial charge < -0.3 is 4.90 Å². The first-order valence-corrected chi connectivity index (χ1v) is 5.80. The van der Waals surface area contributed by atoms with Crippen LogP contribution < -0.4 is 4.90 Å². The lowest BCUT2D eigenvalue weighted by Crippen LogP contribution is -2.30. The molecule has 2 heteroatoms. The number of rotatable bonds is 1. The summed E-state index contributed by atoms with van der Waals surface area (Å²) in [7, 11) is 0. The van der Waals surface area contributed by atoms with Gasteiger partial charge in [-0.3, -0.25) is 0 Å². The fraction of sp³-hybridized carbons (Fsp3) is 0.200. The molecule has 0 fully saturated rings. The Morgan fingerprint density at radius 1 is 0.765 bits per heavy atom. The lowest BCUT2D eigenvalue weighted by atomic mass is 9.99. The molecule has 0 spiro atoms. The van der Waals surface area contributed by atoms with Crippen LogP contribution in [0.1, 0.15) is 11.1 Å². The molecule has 0 unspecified atom stereocenters. The van der Waals surface area contributed by atoms with Crippen LogP contribution in [0.15, 0.2) is 54.6 Å². The van der Waals surface area contributed by atoms with Crippen molar-refractivity contribution in [3.63, 3.8) is 0 Å². The van der Waals surface area contributed by atoms with Crippen molar-refractivity contribution >= 4 is 18.1 Å². The largest absolute Gasteiger partial charge is 0.367 e. The van der Waals surface area contributed by atoms with Gasteiger partial charge in [0.25, 0.3) is 0 Å². The van der Waals surface area contributed by atoms with E-state index in [1.165, 1.54) is 16.8 Å². The number of fused-ring (bicyclic) bond motifs is 1. The average Bonchev–Trinajstić information content (AvgIpc) is 2.39. The highest BCUT2D eigenvalue weighted by molar-refractivity contribution is 5.85. The van der Waals surface area contributed by atoms with Gasteiger partial charge in [0.2, 0.25) is 0 Å². The molecule has 88 valence electrons. The molecule has 0 atom stereocenters. The molecule has 1 aliphatic rings. The molecule has 1 heterocycles. The van der Waals surface area contributed by atoms with Crippen molar-refractivity contribution in [2.75, 3.05) is 11.4 Å². The molecule has 0 saturated carbocycles. The number of hydrogen-bond donors (Lipinski definition) is 0. The number of nitrogens with zero attached hydrogens (tertiary/aromatic N) is 1. The third-order valence-electron chi connectivity index (χ3n) is 3.25. The second-order valence-corrected chi connectivity index (χ2v) is 4.28. The maximum Gasteiger partial charge on any atom is 0.0432 e. The van der Waals surface area contributed by atoms with Crippen LogP contribution in [-0.4, -0.2) is 6.54 Å². The van der Waals surface area contributed by atoms with E-state index >= 15 is 0 Å². The summed E-state index contributed by atoms with van der Waals surface area (Å²) < 4.78 is 0. The maximum atomic E-state index is 2.45. The smallest absolute Gasteiger partial charge is 0.0432 e. The zero-order valence-corrected chi connectivity index (χ0v) is 10.5. The van der Waals surface area contributed by atoms with Crippen LogP contribution in [0.25, 0.3) is 0 Å². The van der Waals surface area contributed by atoms with Crippen molar-refractivity contribution in [2.45, 2.75) is 13.0 Å². The molecule has 0 N–H and O–H groups in total. The van der Waals surface area contributed by atoms with E-state index in [0.29, 0.717) is 0 Å². The highest BCUT2D eigenvalue weighted by Crippen LogP contribution is 2.23. The van der Waals surface area contributed by atoms with Crippen molar-refractivity contribution in [3.8, 4) is 0 Å². The fourth-order valence-electron chi connectivity index (χ4n) is 2.35. The Balaban J connectivity index is 0.00000108. The predicted molar refractivity (Wildman–Crippen MR) is 74.9 cm³/mol. The number of benzene rings is 2. The minimum absolute atomic E-state index is 0. The summed E-state index contributed by atoms with van der Waals surface area (Å²) in [6.45, 7) is 2.17. The van der Waals surface area contributed by atoms with Gasteiger partial charge >= 0.3 is 0 Å². The van der Waals surface area contributed by atoms with Gasteiger partial charge in [0, 0.05) is 18.8 Å². The van der Waals surface area contributed by atoms with Gasteiger partial charge in [-0.2, -0.15) is 0 Å². The van der Waals surface area contributed by atoms with Crippen LogP contribution in [-0.2, 0) is 13.0 Å². The van der Waals surface area contributed by atoms with E-state index < -0.39 is 0 Å². The molecule has 17 heavy (non-hydrogen) atoms. The molecule has 3 rings (SSSR count). The lowest BCUT2D eigenvalue weighted by molar-refractivity contribution is 0.732. The normalized spacial score (nSPS) is 13.8. The van der Waals surface area contributed by atoms with E-state index in [-0.39, 0.29) is 12.4 Å². The summed E-state index contributed by atoms with van der Waals surface area (Å²) in [5.74, 6) is 0. The first-order valence-electron chi connectivity index (χ1n) is 5.80. The number of hydrogen-bond acceptors (Lipinski definition) is 1. The predicted octanol–water partition coefficient (Wildman–Crippen LogP) is 3.67. The van der Waals surface area contributed by atoms with Crippen LogP contribution in [0.2, 0.25) is 0 Å². The quantitative estimate of drug-likeness (QED) is 0.741. The first kappa shape index (κ1) is 12.0. The van der Waals surface area contributed by atoms with Crippen molar-refractivity contribution in [3.05, 3.63) is 65.7 Å². The fourth-order valence-corrected chi connectivity index (χ4v) is 2.35. The Morgan fingerprint density at radius 2 is 1.41 bits per heavy atom. The topological polar surface area (TPSA) is 3.24 Å². The second kappa shape index (κ2) is 5.24. The van der Waals surface area contributed by atoms with Crippen LogP contribution in [0, 0.1) is 0 Å². The van der Waals surface area contributed by atoms with Gasteiger partial charge in [-0.15, -0.1) is 12.4 Å². The van der Waals surface area contributed by atoms with Crippen LogP contribution in [0.4, 0.5) is 5.69 Å². The highest BCUT2D eigenvalue weighted by atomic mass is 35.5. The molecule has 0 aromatic heterocycles. The van der Waals surface area contributed by atoms with Gasteiger partial charge in [-0.1, -0.05) is 42.5 Å². The second-order valence-electron chi connectivity index (χ2n) is 4.28. The van der Waals surface area contributed by atoms with Gasteiger partial charge in [0.15, 0.2) is 0 Å². The van der Waals surface area contributed by atoms with Crippen LogP contribution >= 0.6 is 12.4 Å². The minimum atomic E-state index is 0. The number of halogens is 1. The van der Waals surface area contributed by atoms with E-state index in [0.717, 1.165) is 19.5 Å². The van der Waals surface area contributed by atoms with E-state index in [2.05, 4.69) is 59.5 Å². The highest BCUT2D eigenvalue weighted by Gasteiger charge is 2.15. The lowest BCUT2D eigenvalue weighted by Gasteiger charge is -2.30. The molecule has 1 aliphatic heterocycles. The average molecular weight is 246 g/mol. The maximum absolute atomic E-state index is 2.45. The van der Waals surface area contributed by atoms with Crippen molar-refractivity contribution < 1.29 is 0 Å². The molecule has 0 amide bonds. The Hall–Kier alpha value is -1.47. The summed E-state index contributed by atoms with van der Waals surface area (Å²) in [6.07, 6.45) is 1.16. The molecule has 1 nitrogen and oxygen atoms in total. The van der Waals surface area contributed by atoms with Crippen molar-refractivity contribution in [2.24, 2.45) is 0 Å². The zero-order chi connectivity index (χ0) is 10.8. The SMILES string of the molecule is Cl.c1ccc(N2CCc3ccccc3C2)cc1. The summed E-state index contributed by atoms with van der Waals surface area (Å²) in [6, 6.07) is 19.4. The first-order chi connectivity index (χ1) is 7.93. The molecular formula is C15H16ClN. The third kappa shape index (κ3) is 2.45. The summed E-state index contributed by atoms with van der Waals surface area (Å²) in [4.78, 5) is 2.45. The Morgan fingerprint density at radius 3 is 2.18 bits per heavy atom. The monoisotopic (exact) mass is 245 g/mol. The van der Waals surface area contributed by atoms with Crippen molar-refractivity contribution in [1.29, 1.82) is 0 Å². The Kier molecular flexibility index (Phi) is 3.70. The molecule has 0 aliphatic carbocycles. The van der Waals surface area contributed by atoms with Gasteiger partial charge in [0.1, 0.15) is 0 Å². The molecule has 2 aromatic carbocycles. The van der Waals surface area contributed by atoms with Gasteiger partial charge in [0.05, 0.1) is 0 Å². The molecule has 0 radical (unpaired) electrons. The molecule has 0 bridgehead atoms.